The molecule has 0 aliphatic heterocycles. The van der Waals surface area contributed by atoms with E-state index in [-0.39, 0.29) is 17.9 Å². The molecule has 1 aromatic rings. The van der Waals surface area contributed by atoms with Gasteiger partial charge in [0.1, 0.15) is 0 Å². The summed E-state index contributed by atoms with van der Waals surface area (Å²) in [5, 5.41) is 9.04. The maximum atomic E-state index is 12.4. The topological polar surface area (TPSA) is 61.2 Å². The van der Waals surface area contributed by atoms with Crippen molar-refractivity contribution in [1.82, 2.24) is 4.31 Å². The van der Waals surface area contributed by atoms with E-state index in [1.54, 1.807) is 12.1 Å². The molecule has 0 amide bonds. The van der Waals surface area contributed by atoms with Crippen molar-refractivity contribution >= 4 is 21.6 Å². The van der Waals surface area contributed by atoms with Crippen LogP contribution < -0.4 is 0 Å². The second kappa shape index (κ2) is 6.90. The Balaban J connectivity index is 3.11. The molecule has 0 N–H and O–H groups in total. The molecule has 19 heavy (non-hydrogen) atoms. The van der Waals surface area contributed by atoms with Crippen LogP contribution in [-0.2, 0) is 10.0 Å². The number of rotatable bonds is 6. The van der Waals surface area contributed by atoms with E-state index in [9.17, 15) is 8.42 Å². The van der Waals surface area contributed by atoms with E-state index in [4.69, 9.17) is 16.9 Å². The molecule has 0 spiro atoms. The third-order valence-electron chi connectivity index (χ3n) is 2.73. The molecule has 0 bridgehead atoms. The zero-order chi connectivity index (χ0) is 14.5. The lowest BCUT2D eigenvalue weighted by atomic mass is 10.2. The van der Waals surface area contributed by atoms with Crippen LogP contribution in [-0.4, -0.2) is 25.8 Å². The van der Waals surface area contributed by atoms with E-state index in [2.05, 4.69) is 0 Å². The Bertz CT molecular complexity index is 579. The Labute approximate surface area is 119 Å². The smallest absolute Gasteiger partial charge is 0.207 e. The van der Waals surface area contributed by atoms with Gasteiger partial charge in [0, 0.05) is 24.5 Å². The van der Waals surface area contributed by atoms with Gasteiger partial charge in [-0.3, -0.25) is 0 Å². The van der Waals surface area contributed by atoms with Crippen molar-refractivity contribution < 1.29 is 8.42 Å². The van der Waals surface area contributed by atoms with Gasteiger partial charge in [-0.1, -0.05) is 24.6 Å². The molecule has 0 fully saturated rings. The monoisotopic (exact) mass is 300 g/mol. The molecule has 0 radical (unpaired) electrons. The van der Waals surface area contributed by atoms with Gasteiger partial charge in [0.25, 0.3) is 0 Å². The third-order valence-corrected chi connectivity index (χ3v) is 5.03. The number of hydrogen-bond acceptors (Lipinski definition) is 3. The van der Waals surface area contributed by atoms with Gasteiger partial charge in [0.2, 0.25) is 10.0 Å². The highest BCUT2D eigenvalue weighted by atomic mass is 35.5. The molecule has 0 aliphatic carbocycles. The largest absolute Gasteiger partial charge is 0.243 e. The lowest BCUT2D eigenvalue weighted by Gasteiger charge is -2.20. The quantitative estimate of drug-likeness (QED) is 0.811. The summed E-state index contributed by atoms with van der Waals surface area (Å²) in [5.41, 5.74) is 0.833. The average molecular weight is 301 g/mol. The maximum Gasteiger partial charge on any atom is 0.243 e. The molecule has 0 unspecified atom stereocenters. The summed E-state index contributed by atoms with van der Waals surface area (Å²) >= 11 is 5.97. The van der Waals surface area contributed by atoms with Crippen molar-refractivity contribution in [1.29, 1.82) is 5.26 Å². The number of hydrogen-bond donors (Lipinski definition) is 0. The highest BCUT2D eigenvalue weighted by Gasteiger charge is 2.23. The number of benzene rings is 1. The van der Waals surface area contributed by atoms with Gasteiger partial charge in [-0.05, 0) is 31.0 Å². The first-order chi connectivity index (χ1) is 8.93. The number of nitrogens with zero attached hydrogens (tertiary/aromatic N) is 2. The number of halogens is 1. The molecular formula is C13H17ClN2O2S. The normalized spacial score (nSPS) is 11.5. The van der Waals surface area contributed by atoms with E-state index in [1.165, 1.54) is 10.4 Å². The van der Waals surface area contributed by atoms with Crippen LogP contribution in [0.1, 0.15) is 25.3 Å². The molecule has 1 rings (SSSR count). The summed E-state index contributed by atoms with van der Waals surface area (Å²) < 4.78 is 26.2. The van der Waals surface area contributed by atoms with Gasteiger partial charge in [-0.15, -0.1) is 0 Å². The fraction of sp³-hybridized carbons (Fsp3) is 0.462. The zero-order valence-corrected chi connectivity index (χ0v) is 12.6. The molecule has 0 aromatic heterocycles. The Hall–Kier alpha value is -1.09. The lowest BCUT2D eigenvalue weighted by Crippen LogP contribution is -2.32. The van der Waals surface area contributed by atoms with Gasteiger partial charge in [-0.25, -0.2) is 8.42 Å². The lowest BCUT2D eigenvalue weighted by molar-refractivity contribution is 0.417. The summed E-state index contributed by atoms with van der Waals surface area (Å²) in [7, 11) is -3.58. The Morgan fingerprint density at radius 2 is 2.05 bits per heavy atom. The SMILES string of the molecule is CCCN(CCC#N)S(=O)(=O)c1ccc(C)c(Cl)c1. The fourth-order valence-electron chi connectivity index (χ4n) is 1.66. The minimum Gasteiger partial charge on any atom is -0.207 e. The van der Waals surface area contributed by atoms with Gasteiger partial charge in [0.15, 0.2) is 0 Å². The van der Waals surface area contributed by atoms with Crippen molar-refractivity contribution in [3.63, 3.8) is 0 Å². The van der Waals surface area contributed by atoms with E-state index < -0.39 is 10.0 Å². The average Bonchev–Trinajstić information content (AvgIpc) is 2.37. The highest BCUT2D eigenvalue weighted by Crippen LogP contribution is 2.23. The molecule has 0 heterocycles. The van der Waals surface area contributed by atoms with Crippen LogP contribution in [0.2, 0.25) is 5.02 Å². The van der Waals surface area contributed by atoms with Gasteiger partial charge >= 0.3 is 0 Å². The molecule has 0 atom stereocenters. The summed E-state index contributed by atoms with van der Waals surface area (Å²) in [5.74, 6) is 0. The van der Waals surface area contributed by atoms with Crippen molar-refractivity contribution in [3.05, 3.63) is 28.8 Å². The van der Waals surface area contributed by atoms with Gasteiger partial charge in [-0.2, -0.15) is 9.57 Å². The van der Waals surface area contributed by atoms with Crippen LogP contribution in [0.4, 0.5) is 0 Å². The third kappa shape index (κ3) is 3.93. The van der Waals surface area contributed by atoms with Gasteiger partial charge in [0.05, 0.1) is 11.0 Å². The Morgan fingerprint density at radius 3 is 2.58 bits per heavy atom. The number of aryl methyl sites for hydroxylation is 1. The highest BCUT2D eigenvalue weighted by molar-refractivity contribution is 7.89. The summed E-state index contributed by atoms with van der Waals surface area (Å²) in [4.78, 5) is 0.175. The summed E-state index contributed by atoms with van der Waals surface area (Å²) in [6.45, 7) is 4.32. The molecule has 1 aromatic carbocycles. The molecule has 4 nitrogen and oxygen atoms in total. The fourth-order valence-corrected chi connectivity index (χ4v) is 3.46. The predicted octanol–water partition coefficient (Wildman–Crippen LogP) is 2.96. The Morgan fingerprint density at radius 1 is 1.37 bits per heavy atom. The van der Waals surface area contributed by atoms with Crippen LogP contribution in [0.25, 0.3) is 0 Å². The second-order valence-electron chi connectivity index (χ2n) is 4.22. The zero-order valence-electron chi connectivity index (χ0n) is 11.1. The van der Waals surface area contributed by atoms with E-state index in [0.29, 0.717) is 18.0 Å². The minimum absolute atomic E-state index is 0.175. The summed E-state index contributed by atoms with van der Waals surface area (Å²) in [6, 6.07) is 6.66. The first kappa shape index (κ1) is 16.0. The number of sulfonamides is 1. The molecule has 0 saturated carbocycles. The molecule has 104 valence electrons. The van der Waals surface area contributed by atoms with Crippen molar-refractivity contribution in [2.75, 3.05) is 13.1 Å². The van der Waals surface area contributed by atoms with Crippen LogP contribution in [0.5, 0.6) is 0 Å². The molecule has 0 aliphatic rings. The molecular weight excluding hydrogens is 284 g/mol. The summed E-state index contributed by atoms with van der Waals surface area (Å²) in [6.07, 6.45) is 0.878. The van der Waals surface area contributed by atoms with Crippen molar-refractivity contribution in [2.45, 2.75) is 31.6 Å². The van der Waals surface area contributed by atoms with E-state index in [0.717, 1.165) is 5.56 Å². The predicted molar refractivity (Wildman–Crippen MR) is 75.5 cm³/mol. The van der Waals surface area contributed by atoms with Crippen molar-refractivity contribution in [2.24, 2.45) is 0 Å². The Kier molecular flexibility index (Phi) is 5.80. The van der Waals surface area contributed by atoms with E-state index >= 15 is 0 Å². The van der Waals surface area contributed by atoms with Gasteiger partial charge < -0.3 is 0 Å². The minimum atomic E-state index is -3.58. The van der Waals surface area contributed by atoms with Crippen LogP contribution in [0, 0.1) is 18.3 Å². The second-order valence-corrected chi connectivity index (χ2v) is 6.57. The molecule has 0 saturated heterocycles. The maximum absolute atomic E-state index is 12.4. The van der Waals surface area contributed by atoms with Crippen LogP contribution >= 0.6 is 11.6 Å². The van der Waals surface area contributed by atoms with Crippen molar-refractivity contribution in [3.8, 4) is 6.07 Å². The van der Waals surface area contributed by atoms with Crippen LogP contribution in [0.15, 0.2) is 23.1 Å². The number of nitriles is 1. The van der Waals surface area contributed by atoms with Crippen LogP contribution in [0.3, 0.4) is 0 Å². The standard InChI is InChI=1S/C13H17ClN2O2S/c1-3-8-16(9-4-7-15)19(17,18)12-6-5-11(2)13(14)10-12/h5-6,10H,3-4,8-9H2,1-2H3. The first-order valence-electron chi connectivity index (χ1n) is 6.06. The first-order valence-corrected chi connectivity index (χ1v) is 7.88. The van der Waals surface area contributed by atoms with E-state index in [1.807, 2.05) is 19.9 Å². The molecule has 6 heteroatoms.